The molecule has 1 aromatic carbocycles. The molecule has 1 heterocycles. The molecule has 4 unspecified atom stereocenters. The second-order valence-electron chi connectivity index (χ2n) is 9.32. The zero-order chi connectivity index (χ0) is 27.5. The molecule has 204 valence electrons. The fourth-order valence-corrected chi connectivity index (χ4v) is 3.79. The summed E-state index contributed by atoms with van der Waals surface area (Å²) in [6.07, 6.45) is 3.14. The average Bonchev–Trinajstić information content (AvgIpc) is 3.28. The third-order valence-electron chi connectivity index (χ3n) is 6.13. The first-order valence-electron chi connectivity index (χ1n) is 12.3. The lowest BCUT2D eigenvalue weighted by Gasteiger charge is -2.25. The predicted molar refractivity (Wildman–Crippen MR) is 138 cm³/mol. The van der Waals surface area contributed by atoms with Gasteiger partial charge in [0, 0.05) is 23.5 Å². The molecule has 2 rings (SSSR count). The van der Waals surface area contributed by atoms with E-state index in [0.717, 1.165) is 16.5 Å². The Kier molecular flexibility index (Phi) is 11.5. The molecule has 3 amide bonds. The van der Waals surface area contributed by atoms with Gasteiger partial charge in [-0.3, -0.25) is 14.4 Å². The number of benzene rings is 1. The van der Waals surface area contributed by atoms with Gasteiger partial charge in [-0.1, -0.05) is 32.0 Å². The van der Waals surface area contributed by atoms with Gasteiger partial charge >= 0.3 is 5.97 Å². The highest BCUT2D eigenvalue weighted by molar-refractivity contribution is 5.95. The number of carbonyl (C=O) groups excluding carboxylic acids is 3. The highest BCUT2D eigenvalue weighted by Crippen LogP contribution is 2.19. The van der Waals surface area contributed by atoms with E-state index in [9.17, 15) is 29.4 Å². The van der Waals surface area contributed by atoms with Crippen molar-refractivity contribution in [2.45, 2.75) is 63.7 Å². The van der Waals surface area contributed by atoms with Gasteiger partial charge in [-0.2, -0.15) is 0 Å². The van der Waals surface area contributed by atoms with Gasteiger partial charge in [0.1, 0.15) is 18.1 Å². The number of aliphatic hydroxyl groups is 1. The first-order chi connectivity index (χ1) is 17.6. The second-order valence-corrected chi connectivity index (χ2v) is 9.32. The van der Waals surface area contributed by atoms with E-state index in [2.05, 4.69) is 20.9 Å². The van der Waals surface area contributed by atoms with Crippen LogP contribution in [0.1, 0.15) is 38.7 Å². The van der Waals surface area contributed by atoms with Gasteiger partial charge in [0.25, 0.3) is 0 Å². The van der Waals surface area contributed by atoms with E-state index in [0.29, 0.717) is 19.4 Å². The predicted octanol–water partition coefficient (Wildman–Crippen LogP) is -0.646. The number of fused-ring (bicyclic) bond motifs is 1. The molecule has 0 radical (unpaired) electrons. The molecule has 0 saturated heterocycles. The molecule has 0 fully saturated rings. The zero-order valence-electron chi connectivity index (χ0n) is 21.2. The summed E-state index contributed by atoms with van der Waals surface area (Å²) in [5.41, 5.74) is 13.2. The van der Waals surface area contributed by atoms with Crippen LogP contribution in [0.2, 0.25) is 0 Å². The van der Waals surface area contributed by atoms with Crippen molar-refractivity contribution in [3.63, 3.8) is 0 Å². The molecule has 10 N–H and O–H groups in total. The van der Waals surface area contributed by atoms with Crippen molar-refractivity contribution in [1.29, 1.82) is 0 Å². The number of nitrogens with two attached hydrogens (primary N) is 2. The van der Waals surface area contributed by atoms with Crippen LogP contribution >= 0.6 is 0 Å². The molecule has 12 heteroatoms. The minimum Gasteiger partial charge on any atom is -0.480 e. The van der Waals surface area contributed by atoms with Gasteiger partial charge in [0.2, 0.25) is 17.7 Å². The van der Waals surface area contributed by atoms with Crippen LogP contribution in [-0.2, 0) is 25.6 Å². The van der Waals surface area contributed by atoms with E-state index in [1.54, 1.807) is 20.0 Å². The number of hydrogen-bond donors (Lipinski definition) is 8. The number of carbonyl (C=O) groups is 4. The third-order valence-corrected chi connectivity index (χ3v) is 6.13. The number of aliphatic carboxylic acids is 1. The summed E-state index contributed by atoms with van der Waals surface area (Å²) in [5, 5.41) is 26.9. The number of para-hydroxylation sites is 1. The van der Waals surface area contributed by atoms with E-state index >= 15 is 0 Å². The molecule has 2 aromatic rings. The molecule has 0 bridgehead atoms. The summed E-state index contributed by atoms with van der Waals surface area (Å²) in [4.78, 5) is 53.4. The van der Waals surface area contributed by atoms with E-state index < -0.39 is 54.5 Å². The molecule has 0 aliphatic heterocycles. The summed E-state index contributed by atoms with van der Waals surface area (Å²) < 4.78 is 0. The molecular weight excluding hydrogens is 480 g/mol. The van der Waals surface area contributed by atoms with Crippen LogP contribution in [0.4, 0.5) is 0 Å². The molecule has 12 nitrogen and oxygen atoms in total. The van der Waals surface area contributed by atoms with Crippen LogP contribution in [0.5, 0.6) is 0 Å². The lowest BCUT2D eigenvalue weighted by atomic mass is 10.0. The Morgan fingerprint density at radius 2 is 1.57 bits per heavy atom. The summed E-state index contributed by atoms with van der Waals surface area (Å²) in [7, 11) is 0. The van der Waals surface area contributed by atoms with Gasteiger partial charge < -0.3 is 42.6 Å². The summed E-state index contributed by atoms with van der Waals surface area (Å²) in [5.74, 6) is -3.47. The van der Waals surface area contributed by atoms with Gasteiger partial charge in [-0.15, -0.1) is 0 Å². The maximum Gasteiger partial charge on any atom is 0.328 e. The first-order valence-corrected chi connectivity index (χ1v) is 12.3. The van der Waals surface area contributed by atoms with E-state index in [4.69, 9.17) is 11.5 Å². The summed E-state index contributed by atoms with van der Waals surface area (Å²) >= 11 is 0. The van der Waals surface area contributed by atoms with Crippen molar-refractivity contribution in [2.24, 2.45) is 17.4 Å². The van der Waals surface area contributed by atoms with Crippen LogP contribution in [-0.4, -0.2) is 76.2 Å². The second kappa shape index (κ2) is 14.3. The van der Waals surface area contributed by atoms with E-state index in [1.165, 1.54) is 0 Å². The lowest BCUT2D eigenvalue weighted by molar-refractivity contribution is -0.143. The Labute approximate surface area is 215 Å². The SMILES string of the molecule is CC(C)C(N)C(=O)NC(Cc1c[nH]c2ccccc12)C(=O)NC(CCCCN)C(=O)NC(CO)C(=O)O. The summed E-state index contributed by atoms with van der Waals surface area (Å²) in [6.45, 7) is 3.15. The van der Waals surface area contributed by atoms with Crippen molar-refractivity contribution in [3.05, 3.63) is 36.0 Å². The number of aromatic nitrogens is 1. The van der Waals surface area contributed by atoms with Crippen molar-refractivity contribution < 1.29 is 29.4 Å². The maximum absolute atomic E-state index is 13.4. The topological polar surface area (TPSA) is 213 Å². The molecule has 4 atom stereocenters. The van der Waals surface area contributed by atoms with E-state index in [1.807, 2.05) is 24.3 Å². The van der Waals surface area contributed by atoms with E-state index in [-0.39, 0.29) is 18.8 Å². The van der Waals surface area contributed by atoms with Gasteiger partial charge in [0.05, 0.1) is 12.6 Å². The molecular formula is C25H38N6O6. The number of H-pyrrole nitrogens is 1. The first kappa shape index (κ1) is 29.7. The van der Waals surface area contributed by atoms with Crippen LogP contribution in [0.3, 0.4) is 0 Å². The maximum atomic E-state index is 13.4. The lowest BCUT2D eigenvalue weighted by Crippen LogP contribution is -2.58. The van der Waals surface area contributed by atoms with Gasteiger partial charge in [-0.25, -0.2) is 4.79 Å². The standard InChI is InChI=1S/C25H38N6O6/c1-14(2)21(27)24(35)30-19(11-15-12-28-17-8-4-3-7-16(15)17)23(34)29-18(9-5-6-10-26)22(33)31-20(13-32)25(36)37/h3-4,7-8,12,14,18-21,28,32H,5-6,9-11,13,26-27H2,1-2H3,(H,29,34)(H,30,35)(H,31,33)(H,36,37). The zero-order valence-corrected chi connectivity index (χ0v) is 21.2. The number of carboxylic acids is 1. The van der Waals surface area contributed by atoms with Crippen LogP contribution in [0, 0.1) is 5.92 Å². The molecule has 0 saturated carbocycles. The Hall–Kier alpha value is -3.48. The normalized spacial score (nSPS) is 14.5. The fraction of sp³-hybridized carbons (Fsp3) is 0.520. The summed E-state index contributed by atoms with van der Waals surface area (Å²) in [6, 6.07) is 2.98. The largest absolute Gasteiger partial charge is 0.480 e. The third kappa shape index (κ3) is 8.55. The molecule has 37 heavy (non-hydrogen) atoms. The molecule has 0 spiro atoms. The molecule has 1 aromatic heterocycles. The molecule has 0 aliphatic rings. The minimum absolute atomic E-state index is 0.123. The van der Waals surface area contributed by atoms with Crippen molar-refractivity contribution in [3.8, 4) is 0 Å². The van der Waals surface area contributed by atoms with Crippen LogP contribution in [0.15, 0.2) is 30.5 Å². The Morgan fingerprint density at radius 3 is 2.19 bits per heavy atom. The van der Waals surface area contributed by atoms with Gasteiger partial charge in [0.15, 0.2) is 0 Å². The Bertz CT molecular complexity index is 1070. The quantitative estimate of drug-likeness (QED) is 0.142. The number of aromatic amines is 1. The van der Waals surface area contributed by atoms with Crippen molar-refractivity contribution >= 4 is 34.6 Å². The Balaban J connectivity index is 2.29. The average molecular weight is 519 g/mol. The van der Waals surface area contributed by atoms with Crippen LogP contribution < -0.4 is 27.4 Å². The smallest absolute Gasteiger partial charge is 0.328 e. The number of rotatable bonds is 15. The fourth-order valence-electron chi connectivity index (χ4n) is 3.79. The number of unbranched alkanes of at least 4 members (excludes halogenated alkanes) is 1. The number of carboxylic acid groups (broad SMARTS) is 1. The Morgan fingerprint density at radius 1 is 0.946 bits per heavy atom. The minimum atomic E-state index is -1.52. The van der Waals surface area contributed by atoms with Crippen molar-refractivity contribution in [1.82, 2.24) is 20.9 Å². The monoisotopic (exact) mass is 518 g/mol. The van der Waals surface area contributed by atoms with Crippen molar-refractivity contribution in [2.75, 3.05) is 13.2 Å². The van der Waals surface area contributed by atoms with Gasteiger partial charge in [-0.05, 0) is 43.4 Å². The number of hydrogen-bond acceptors (Lipinski definition) is 7. The molecule has 0 aliphatic carbocycles. The highest BCUT2D eigenvalue weighted by atomic mass is 16.4. The number of amides is 3. The number of nitrogens with one attached hydrogen (secondary N) is 4. The van der Waals surface area contributed by atoms with Crippen LogP contribution in [0.25, 0.3) is 10.9 Å². The number of aliphatic hydroxyl groups excluding tert-OH is 1. The highest BCUT2D eigenvalue weighted by Gasteiger charge is 2.31.